The van der Waals surface area contributed by atoms with Crippen LogP contribution in [0.2, 0.25) is 0 Å². The van der Waals surface area contributed by atoms with E-state index in [-0.39, 0.29) is 0 Å². The van der Waals surface area contributed by atoms with Gasteiger partial charge in [0.25, 0.3) is 0 Å². The highest BCUT2D eigenvalue weighted by molar-refractivity contribution is 4.88. The van der Waals surface area contributed by atoms with Gasteiger partial charge in [0.15, 0.2) is 0 Å². The van der Waals surface area contributed by atoms with Gasteiger partial charge in [-0.25, -0.2) is 0 Å². The summed E-state index contributed by atoms with van der Waals surface area (Å²) in [5, 5.41) is 11.5. The van der Waals surface area contributed by atoms with E-state index in [1.807, 2.05) is 0 Å². The highest BCUT2D eigenvalue weighted by atomic mass is 15.3. The zero-order valence-electron chi connectivity index (χ0n) is 8.90. The summed E-state index contributed by atoms with van der Waals surface area (Å²) in [6.45, 7) is 6.15. The van der Waals surface area contributed by atoms with E-state index in [1.54, 1.807) is 6.33 Å². The van der Waals surface area contributed by atoms with Gasteiger partial charge in [-0.1, -0.05) is 0 Å². The fraction of sp³-hybridized carbons (Fsp3) is 0.800. The molecule has 0 radical (unpaired) electrons. The molecule has 4 nitrogen and oxygen atoms in total. The summed E-state index contributed by atoms with van der Waals surface area (Å²) in [5.41, 5.74) is 0. The molecule has 78 valence electrons. The first-order valence-corrected chi connectivity index (χ1v) is 5.41. The Balaban J connectivity index is 1.84. The normalized spacial score (nSPS) is 18.4. The van der Waals surface area contributed by atoms with Crippen LogP contribution in [0, 0.1) is 5.92 Å². The maximum Gasteiger partial charge on any atom is 0.146 e. The summed E-state index contributed by atoms with van der Waals surface area (Å²) >= 11 is 0. The first-order valence-electron chi connectivity index (χ1n) is 5.41. The van der Waals surface area contributed by atoms with Crippen LogP contribution in [0.25, 0.3) is 0 Å². The van der Waals surface area contributed by atoms with E-state index >= 15 is 0 Å². The number of rotatable bonds is 5. The third kappa shape index (κ3) is 2.12. The second-order valence-electron chi connectivity index (χ2n) is 4.04. The summed E-state index contributed by atoms with van der Waals surface area (Å²) in [7, 11) is 0. The van der Waals surface area contributed by atoms with E-state index in [9.17, 15) is 0 Å². The summed E-state index contributed by atoms with van der Waals surface area (Å²) in [4.78, 5) is 0. The van der Waals surface area contributed by atoms with Crippen molar-refractivity contribution in [3.05, 3.63) is 12.2 Å². The van der Waals surface area contributed by atoms with Crippen LogP contribution in [0.1, 0.15) is 32.5 Å². The largest absolute Gasteiger partial charge is 0.317 e. The first kappa shape index (κ1) is 9.65. The molecule has 1 unspecified atom stereocenters. The average Bonchev–Trinajstić information content (AvgIpc) is 2.94. The van der Waals surface area contributed by atoms with Gasteiger partial charge < -0.3 is 9.88 Å². The molecule has 1 fully saturated rings. The van der Waals surface area contributed by atoms with E-state index < -0.39 is 0 Å². The van der Waals surface area contributed by atoms with Crippen molar-refractivity contribution in [1.29, 1.82) is 0 Å². The number of hydrogen-bond donors (Lipinski definition) is 1. The molecule has 0 saturated heterocycles. The Hall–Kier alpha value is -0.900. The van der Waals surface area contributed by atoms with Crippen molar-refractivity contribution in [1.82, 2.24) is 20.1 Å². The van der Waals surface area contributed by atoms with Gasteiger partial charge in [-0.2, -0.15) is 0 Å². The first-order chi connectivity index (χ1) is 6.81. The molecule has 0 amide bonds. The highest BCUT2D eigenvalue weighted by Gasteiger charge is 2.27. The number of nitrogens with zero attached hydrogens (tertiary/aromatic N) is 3. The quantitative estimate of drug-likeness (QED) is 0.765. The molecule has 14 heavy (non-hydrogen) atoms. The smallest absolute Gasteiger partial charge is 0.146 e. The molecular formula is C10H18N4. The number of aryl methyl sites for hydroxylation is 1. The van der Waals surface area contributed by atoms with Gasteiger partial charge in [0, 0.05) is 12.6 Å². The van der Waals surface area contributed by atoms with Crippen LogP contribution in [0.15, 0.2) is 6.33 Å². The van der Waals surface area contributed by atoms with Crippen LogP contribution in [0.4, 0.5) is 0 Å². The maximum atomic E-state index is 4.09. The fourth-order valence-electron chi connectivity index (χ4n) is 1.70. The van der Waals surface area contributed by atoms with Crippen LogP contribution in [-0.4, -0.2) is 20.8 Å². The lowest BCUT2D eigenvalue weighted by atomic mass is 10.2. The molecule has 0 bridgehead atoms. The van der Waals surface area contributed by atoms with Crippen molar-refractivity contribution >= 4 is 0 Å². The topological polar surface area (TPSA) is 42.7 Å². The Morgan fingerprint density at radius 3 is 3.07 bits per heavy atom. The lowest BCUT2D eigenvalue weighted by molar-refractivity contribution is 0.478. The number of aromatic nitrogens is 3. The third-order valence-electron chi connectivity index (χ3n) is 2.95. The molecule has 1 aliphatic carbocycles. The predicted molar refractivity (Wildman–Crippen MR) is 54.7 cm³/mol. The van der Waals surface area contributed by atoms with E-state index in [1.165, 1.54) is 12.8 Å². The summed E-state index contributed by atoms with van der Waals surface area (Å²) in [6, 6.07) is 0.622. The van der Waals surface area contributed by atoms with E-state index in [0.717, 1.165) is 24.8 Å². The maximum absolute atomic E-state index is 4.09. The van der Waals surface area contributed by atoms with Gasteiger partial charge in [0.1, 0.15) is 12.2 Å². The molecule has 1 aliphatic rings. The Morgan fingerprint density at radius 2 is 2.43 bits per heavy atom. The lowest BCUT2D eigenvalue weighted by Crippen LogP contribution is -2.28. The Bertz CT molecular complexity index is 290. The van der Waals surface area contributed by atoms with Gasteiger partial charge >= 0.3 is 0 Å². The molecule has 4 heteroatoms. The van der Waals surface area contributed by atoms with Gasteiger partial charge in [-0.15, -0.1) is 10.2 Å². The molecular weight excluding hydrogens is 176 g/mol. The average molecular weight is 194 g/mol. The van der Waals surface area contributed by atoms with Crippen molar-refractivity contribution in [3.8, 4) is 0 Å². The standard InChI is InChI=1S/C10H18N4/c1-3-14-7-12-13-10(14)6-11-8(2)9-4-5-9/h7-9,11H,3-6H2,1-2H3. The SMILES string of the molecule is CCn1cnnc1CNC(C)C1CC1. The highest BCUT2D eigenvalue weighted by Crippen LogP contribution is 2.32. The van der Waals surface area contributed by atoms with Crippen LogP contribution in [-0.2, 0) is 13.1 Å². The van der Waals surface area contributed by atoms with Gasteiger partial charge in [0.05, 0.1) is 6.54 Å². The number of hydrogen-bond acceptors (Lipinski definition) is 3. The Morgan fingerprint density at radius 1 is 1.64 bits per heavy atom. The van der Waals surface area contributed by atoms with Crippen molar-refractivity contribution in [2.75, 3.05) is 0 Å². The predicted octanol–water partition coefficient (Wildman–Crippen LogP) is 1.19. The van der Waals surface area contributed by atoms with E-state index in [0.29, 0.717) is 6.04 Å². The minimum absolute atomic E-state index is 0.622. The van der Waals surface area contributed by atoms with E-state index in [2.05, 4.69) is 33.9 Å². The van der Waals surface area contributed by atoms with Gasteiger partial charge in [0.2, 0.25) is 0 Å². The third-order valence-corrected chi connectivity index (χ3v) is 2.95. The molecule has 1 N–H and O–H groups in total. The molecule has 0 aromatic carbocycles. The Labute approximate surface area is 84.7 Å². The van der Waals surface area contributed by atoms with Crippen molar-refractivity contribution < 1.29 is 0 Å². The molecule has 1 atom stereocenters. The summed E-state index contributed by atoms with van der Waals surface area (Å²) in [5.74, 6) is 1.94. The second kappa shape index (κ2) is 4.09. The minimum atomic E-state index is 0.622. The van der Waals surface area contributed by atoms with Crippen molar-refractivity contribution in [2.45, 2.75) is 45.8 Å². The van der Waals surface area contributed by atoms with Crippen LogP contribution in [0.5, 0.6) is 0 Å². The zero-order chi connectivity index (χ0) is 9.97. The van der Waals surface area contributed by atoms with Crippen LogP contribution < -0.4 is 5.32 Å². The summed E-state index contributed by atoms with van der Waals surface area (Å²) < 4.78 is 2.08. The zero-order valence-corrected chi connectivity index (χ0v) is 8.90. The summed E-state index contributed by atoms with van der Waals surface area (Å²) in [6.07, 6.45) is 4.56. The molecule has 0 spiro atoms. The monoisotopic (exact) mass is 194 g/mol. The molecule has 1 aromatic heterocycles. The van der Waals surface area contributed by atoms with Crippen molar-refractivity contribution in [2.24, 2.45) is 5.92 Å². The van der Waals surface area contributed by atoms with Crippen LogP contribution >= 0.6 is 0 Å². The molecule has 1 saturated carbocycles. The molecule has 2 rings (SSSR count). The molecule has 1 aromatic rings. The van der Waals surface area contributed by atoms with E-state index in [4.69, 9.17) is 0 Å². The number of nitrogens with one attached hydrogen (secondary N) is 1. The fourth-order valence-corrected chi connectivity index (χ4v) is 1.70. The van der Waals surface area contributed by atoms with Gasteiger partial charge in [-0.3, -0.25) is 0 Å². The van der Waals surface area contributed by atoms with Crippen molar-refractivity contribution in [3.63, 3.8) is 0 Å². The second-order valence-corrected chi connectivity index (χ2v) is 4.04. The van der Waals surface area contributed by atoms with Gasteiger partial charge in [-0.05, 0) is 32.6 Å². The molecule has 1 heterocycles. The molecule has 0 aliphatic heterocycles. The lowest BCUT2D eigenvalue weighted by Gasteiger charge is -2.12. The minimum Gasteiger partial charge on any atom is -0.317 e. The van der Waals surface area contributed by atoms with Crippen LogP contribution in [0.3, 0.4) is 0 Å². The Kier molecular flexibility index (Phi) is 2.82.